The van der Waals surface area contributed by atoms with Gasteiger partial charge in [-0.2, -0.15) is 0 Å². The molecule has 1 aromatic heterocycles. The highest BCUT2D eigenvalue weighted by Gasteiger charge is 2.15. The summed E-state index contributed by atoms with van der Waals surface area (Å²) < 4.78 is 18.8. The van der Waals surface area contributed by atoms with E-state index in [1.165, 1.54) is 19.5 Å². The van der Waals surface area contributed by atoms with Crippen LogP contribution in [-0.2, 0) is 6.54 Å². The summed E-state index contributed by atoms with van der Waals surface area (Å²) in [5, 5.41) is 0.230. The molecular weight excluding hydrogens is 269 g/mol. The van der Waals surface area contributed by atoms with Gasteiger partial charge < -0.3 is 9.64 Å². The number of methoxy groups -OCH3 is 1. The van der Waals surface area contributed by atoms with Crippen LogP contribution in [0, 0.1) is 5.82 Å². The van der Waals surface area contributed by atoms with Crippen LogP contribution >= 0.6 is 11.6 Å². The quantitative estimate of drug-likeness (QED) is 0.808. The smallest absolute Gasteiger partial charge is 0.199 e. The van der Waals surface area contributed by atoms with E-state index in [0.29, 0.717) is 23.7 Å². The molecule has 0 N–H and O–H groups in total. The van der Waals surface area contributed by atoms with Gasteiger partial charge in [-0.05, 0) is 6.07 Å². The number of aromatic nitrogens is 2. The second-order valence-electron chi connectivity index (χ2n) is 3.97. The van der Waals surface area contributed by atoms with Gasteiger partial charge in [0, 0.05) is 19.2 Å². The third-order valence-electron chi connectivity index (χ3n) is 2.67. The van der Waals surface area contributed by atoms with Gasteiger partial charge in [-0.25, -0.2) is 14.4 Å². The Morgan fingerprint density at radius 2 is 2.05 bits per heavy atom. The van der Waals surface area contributed by atoms with Gasteiger partial charge in [0.15, 0.2) is 16.7 Å². The summed E-state index contributed by atoms with van der Waals surface area (Å²) in [5.74, 6) is 0.641. The van der Waals surface area contributed by atoms with Crippen LogP contribution in [0.3, 0.4) is 0 Å². The van der Waals surface area contributed by atoms with E-state index in [9.17, 15) is 4.39 Å². The van der Waals surface area contributed by atoms with Crippen LogP contribution in [0.25, 0.3) is 0 Å². The summed E-state index contributed by atoms with van der Waals surface area (Å²) >= 11 is 5.93. The van der Waals surface area contributed by atoms with Gasteiger partial charge in [0.25, 0.3) is 0 Å². The molecular formula is C13H13ClFN3O. The molecule has 19 heavy (non-hydrogen) atoms. The Balaban J connectivity index is 2.28. The second-order valence-corrected chi connectivity index (χ2v) is 4.33. The summed E-state index contributed by atoms with van der Waals surface area (Å²) in [6.45, 7) is 0.358. The number of hydrogen-bond donors (Lipinski definition) is 0. The molecule has 0 spiro atoms. The lowest BCUT2D eigenvalue weighted by Gasteiger charge is -2.20. The minimum atomic E-state index is -0.256. The van der Waals surface area contributed by atoms with Crippen molar-refractivity contribution in [3.8, 4) is 5.75 Å². The van der Waals surface area contributed by atoms with E-state index >= 15 is 0 Å². The monoisotopic (exact) mass is 281 g/mol. The van der Waals surface area contributed by atoms with Gasteiger partial charge >= 0.3 is 0 Å². The van der Waals surface area contributed by atoms with Crippen molar-refractivity contribution >= 4 is 17.4 Å². The summed E-state index contributed by atoms with van der Waals surface area (Å²) in [5.41, 5.74) is 0.571. The number of hydrogen-bond acceptors (Lipinski definition) is 4. The number of halogens is 2. The summed E-state index contributed by atoms with van der Waals surface area (Å²) in [6, 6.07) is 6.59. The minimum Gasteiger partial charge on any atom is -0.490 e. The van der Waals surface area contributed by atoms with Crippen molar-refractivity contribution < 1.29 is 9.13 Å². The van der Waals surface area contributed by atoms with Crippen molar-refractivity contribution in [3.05, 3.63) is 47.1 Å². The molecule has 0 radical (unpaired) electrons. The average molecular weight is 282 g/mol. The fourth-order valence-corrected chi connectivity index (χ4v) is 1.95. The van der Waals surface area contributed by atoms with Gasteiger partial charge in [0.1, 0.15) is 12.1 Å². The van der Waals surface area contributed by atoms with Crippen LogP contribution < -0.4 is 9.64 Å². The summed E-state index contributed by atoms with van der Waals surface area (Å²) in [6.07, 6.45) is 1.35. The maximum Gasteiger partial charge on any atom is 0.199 e. The van der Waals surface area contributed by atoms with Crippen LogP contribution in [0.15, 0.2) is 30.6 Å². The molecule has 1 heterocycles. The standard InChI is InChI=1S/C13H13ClFN3O/c1-18(7-9-5-3-4-6-10(9)15)13-11(19-2)12(14)16-8-17-13/h3-6,8H,7H2,1-2H3. The van der Waals surface area contributed by atoms with Crippen molar-refractivity contribution in [1.82, 2.24) is 9.97 Å². The van der Waals surface area contributed by atoms with E-state index in [2.05, 4.69) is 9.97 Å². The van der Waals surface area contributed by atoms with Crippen LogP contribution in [0.2, 0.25) is 5.15 Å². The van der Waals surface area contributed by atoms with Gasteiger partial charge in [-0.3, -0.25) is 0 Å². The van der Waals surface area contributed by atoms with E-state index in [4.69, 9.17) is 16.3 Å². The molecule has 0 aliphatic carbocycles. The highest BCUT2D eigenvalue weighted by atomic mass is 35.5. The molecule has 0 unspecified atom stereocenters. The molecule has 0 amide bonds. The molecule has 0 atom stereocenters. The van der Waals surface area contributed by atoms with Crippen LogP contribution in [0.4, 0.5) is 10.2 Å². The first-order chi connectivity index (χ1) is 9.13. The molecule has 0 saturated heterocycles. The van der Waals surface area contributed by atoms with Crippen molar-refractivity contribution in [2.24, 2.45) is 0 Å². The molecule has 2 rings (SSSR count). The predicted octanol–water partition coefficient (Wildman–Crippen LogP) is 2.91. The van der Waals surface area contributed by atoms with E-state index < -0.39 is 0 Å². The molecule has 2 aromatic rings. The van der Waals surface area contributed by atoms with Crippen molar-refractivity contribution in [3.63, 3.8) is 0 Å². The third-order valence-corrected chi connectivity index (χ3v) is 2.94. The van der Waals surface area contributed by atoms with Crippen LogP contribution in [0.1, 0.15) is 5.56 Å². The fourth-order valence-electron chi connectivity index (χ4n) is 1.75. The molecule has 0 aliphatic heterocycles. The van der Waals surface area contributed by atoms with Gasteiger partial charge in [-0.1, -0.05) is 29.8 Å². The topological polar surface area (TPSA) is 38.3 Å². The van der Waals surface area contributed by atoms with Crippen molar-refractivity contribution in [1.29, 1.82) is 0 Å². The molecule has 6 heteroatoms. The normalized spacial score (nSPS) is 10.3. The second kappa shape index (κ2) is 5.84. The SMILES string of the molecule is COc1c(Cl)ncnc1N(C)Cc1ccccc1F. The first kappa shape index (κ1) is 13.5. The summed E-state index contributed by atoms with van der Waals surface area (Å²) in [7, 11) is 3.28. The number of benzene rings is 1. The lowest BCUT2D eigenvalue weighted by molar-refractivity contribution is 0.411. The maximum atomic E-state index is 13.6. The Bertz CT molecular complexity index is 580. The van der Waals surface area contributed by atoms with Gasteiger partial charge in [-0.15, -0.1) is 0 Å². The van der Waals surface area contributed by atoms with E-state index in [-0.39, 0.29) is 11.0 Å². The third kappa shape index (κ3) is 2.93. The first-order valence-corrected chi connectivity index (χ1v) is 6.00. The molecule has 1 aromatic carbocycles. The molecule has 4 nitrogen and oxygen atoms in total. The zero-order chi connectivity index (χ0) is 13.8. The van der Waals surface area contributed by atoms with Gasteiger partial charge in [0.05, 0.1) is 7.11 Å². The molecule has 0 fully saturated rings. The minimum absolute atomic E-state index is 0.230. The van der Waals surface area contributed by atoms with Crippen LogP contribution in [-0.4, -0.2) is 24.1 Å². The van der Waals surface area contributed by atoms with E-state index in [1.807, 2.05) is 0 Å². The Labute approximate surface area is 115 Å². The van der Waals surface area contributed by atoms with Crippen molar-refractivity contribution in [2.45, 2.75) is 6.54 Å². The number of nitrogens with zero attached hydrogens (tertiary/aromatic N) is 3. The van der Waals surface area contributed by atoms with Crippen molar-refractivity contribution in [2.75, 3.05) is 19.1 Å². The lowest BCUT2D eigenvalue weighted by atomic mass is 10.2. The first-order valence-electron chi connectivity index (χ1n) is 5.62. The highest BCUT2D eigenvalue weighted by molar-refractivity contribution is 6.31. The Morgan fingerprint density at radius 3 is 2.74 bits per heavy atom. The van der Waals surface area contributed by atoms with E-state index in [0.717, 1.165) is 0 Å². The summed E-state index contributed by atoms with van der Waals surface area (Å²) in [4.78, 5) is 9.72. The Hall–Kier alpha value is -1.88. The van der Waals surface area contributed by atoms with Gasteiger partial charge in [0.2, 0.25) is 0 Å². The number of anilines is 1. The fraction of sp³-hybridized carbons (Fsp3) is 0.231. The molecule has 100 valence electrons. The number of ether oxygens (including phenoxy) is 1. The average Bonchev–Trinajstić information content (AvgIpc) is 2.41. The largest absolute Gasteiger partial charge is 0.490 e. The number of rotatable bonds is 4. The zero-order valence-corrected chi connectivity index (χ0v) is 11.4. The van der Waals surface area contributed by atoms with Crippen LogP contribution in [0.5, 0.6) is 5.75 Å². The predicted molar refractivity (Wildman–Crippen MR) is 72.1 cm³/mol. The zero-order valence-electron chi connectivity index (χ0n) is 10.6. The Kier molecular flexibility index (Phi) is 4.16. The molecule has 0 saturated carbocycles. The molecule has 0 bridgehead atoms. The lowest BCUT2D eigenvalue weighted by Crippen LogP contribution is -2.19. The maximum absolute atomic E-state index is 13.6. The molecule has 0 aliphatic rings. The highest BCUT2D eigenvalue weighted by Crippen LogP contribution is 2.31. The Morgan fingerprint density at radius 1 is 1.32 bits per heavy atom. The van der Waals surface area contributed by atoms with E-state index in [1.54, 1.807) is 30.1 Å².